The minimum Gasteiger partial charge on any atom is -0.496 e. The van der Waals surface area contributed by atoms with Crippen LogP contribution in [0, 0.1) is 6.92 Å². The maximum Gasteiger partial charge on any atom is 0.126 e. The number of benzene rings is 3. The average Bonchev–Trinajstić information content (AvgIpc) is 2.50. The van der Waals surface area contributed by atoms with Gasteiger partial charge in [0.15, 0.2) is 0 Å². The van der Waals surface area contributed by atoms with Crippen LogP contribution in [-0.4, -0.2) is 7.11 Å². The highest BCUT2D eigenvalue weighted by Crippen LogP contribution is 2.29. The Morgan fingerprint density at radius 3 is 2.20 bits per heavy atom. The molecule has 0 saturated heterocycles. The van der Waals surface area contributed by atoms with Crippen LogP contribution in [0.2, 0.25) is 0 Å². The van der Waals surface area contributed by atoms with Gasteiger partial charge in [-0.1, -0.05) is 60.2 Å². The standard InChI is InChI=1S/C19H18O/c1-14-7-9-15(10-8-14)13-16-11-12-19(20-2)18-6-4-3-5-17(16)18/h3-12H,13H2,1-2H3. The zero-order valence-corrected chi connectivity index (χ0v) is 11.9. The van der Waals surface area contributed by atoms with Crippen molar-refractivity contribution in [2.45, 2.75) is 13.3 Å². The van der Waals surface area contributed by atoms with Crippen molar-refractivity contribution >= 4 is 10.8 Å². The largest absolute Gasteiger partial charge is 0.496 e. The molecule has 1 nitrogen and oxygen atoms in total. The Bertz CT molecular complexity index is 726. The van der Waals surface area contributed by atoms with Crippen molar-refractivity contribution in [1.29, 1.82) is 0 Å². The quantitative estimate of drug-likeness (QED) is 0.662. The molecule has 0 heterocycles. The monoisotopic (exact) mass is 262 g/mol. The Morgan fingerprint density at radius 1 is 0.800 bits per heavy atom. The van der Waals surface area contributed by atoms with Gasteiger partial charge in [0.25, 0.3) is 0 Å². The number of rotatable bonds is 3. The van der Waals surface area contributed by atoms with Crippen molar-refractivity contribution < 1.29 is 4.74 Å². The molecular formula is C19H18O. The van der Waals surface area contributed by atoms with Gasteiger partial charge >= 0.3 is 0 Å². The summed E-state index contributed by atoms with van der Waals surface area (Å²) in [6.07, 6.45) is 0.949. The molecule has 0 bridgehead atoms. The molecule has 0 aromatic heterocycles. The molecule has 3 aromatic carbocycles. The highest BCUT2D eigenvalue weighted by atomic mass is 16.5. The van der Waals surface area contributed by atoms with Crippen LogP contribution in [0.3, 0.4) is 0 Å². The van der Waals surface area contributed by atoms with Crippen LogP contribution in [0.25, 0.3) is 10.8 Å². The van der Waals surface area contributed by atoms with E-state index in [0.29, 0.717) is 0 Å². The first-order chi connectivity index (χ1) is 9.78. The number of fused-ring (bicyclic) bond motifs is 1. The summed E-state index contributed by atoms with van der Waals surface area (Å²) in [5, 5.41) is 2.45. The Labute approximate surface area is 119 Å². The highest BCUT2D eigenvalue weighted by molar-refractivity contribution is 5.91. The van der Waals surface area contributed by atoms with Crippen LogP contribution in [0.1, 0.15) is 16.7 Å². The lowest BCUT2D eigenvalue weighted by Crippen LogP contribution is -1.92. The zero-order chi connectivity index (χ0) is 13.9. The van der Waals surface area contributed by atoms with Gasteiger partial charge in [-0.3, -0.25) is 0 Å². The molecule has 3 rings (SSSR count). The predicted octanol–water partition coefficient (Wildman–Crippen LogP) is 4.75. The maximum absolute atomic E-state index is 5.45. The van der Waals surface area contributed by atoms with E-state index in [4.69, 9.17) is 4.74 Å². The van der Waals surface area contributed by atoms with E-state index >= 15 is 0 Å². The van der Waals surface area contributed by atoms with Crippen LogP contribution >= 0.6 is 0 Å². The molecule has 100 valence electrons. The molecule has 0 aliphatic rings. The molecule has 0 fully saturated rings. The molecule has 0 N–H and O–H groups in total. The lowest BCUT2D eigenvalue weighted by Gasteiger charge is -2.10. The van der Waals surface area contributed by atoms with Gasteiger partial charge in [0.1, 0.15) is 5.75 Å². The molecule has 20 heavy (non-hydrogen) atoms. The third kappa shape index (κ3) is 2.39. The number of ether oxygens (including phenoxy) is 1. The second kappa shape index (κ2) is 5.38. The van der Waals surface area contributed by atoms with E-state index in [-0.39, 0.29) is 0 Å². The minimum atomic E-state index is 0.938. The van der Waals surface area contributed by atoms with E-state index in [9.17, 15) is 0 Å². The van der Waals surface area contributed by atoms with Gasteiger partial charge in [-0.15, -0.1) is 0 Å². The number of methoxy groups -OCH3 is 1. The van der Waals surface area contributed by atoms with Gasteiger partial charge in [0.05, 0.1) is 7.11 Å². The van der Waals surface area contributed by atoms with Crippen molar-refractivity contribution in [3.8, 4) is 5.75 Å². The van der Waals surface area contributed by atoms with Crippen molar-refractivity contribution in [1.82, 2.24) is 0 Å². The summed E-state index contributed by atoms with van der Waals surface area (Å²) in [6.45, 7) is 2.12. The van der Waals surface area contributed by atoms with E-state index in [0.717, 1.165) is 12.2 Å². The van der Waals surface area contributed by atoms with Gasteiger partial charge in [-0.05, 0) is 35.9 Å². The maximum atomic E-state index is 5.45. The van der Waals surface area contributed by atoms with E-state index in [1.165, 1.54) is 27.5 Å². The molecule has 1 heteroatoms. The first kappa shape index (κ1) is 12.7. The first-order valence-corrected chi connectivity index (χ1v) is 6.88. The Morgan fingerprint density at radius 2 is 1.50 bits per heavy atom. The van der Waals surface area contributed by atoms with Crippen LogP contribution in [0.5, 0.6) is 5.75 Å². The summed E-state index contributed by atoms with van der Waals surface area (Å²) >= 11 is 0. The predicted molar refractivity (Wildman–Crippen MR) is 84.5 cm³/mol. The topological polar surface area (TPSA) is 9.23 Å². The summed E-state index contributed by atoms with van der Waals surface area (Å²) in [4.78, 5) is 0. The van der Waals surface area contributed by atoms with Crippen LogP contribution < -0.4 is 4.74 Å². The number of aryl methyl sites for hydroxylation is 1. The van der Waals surface area contributed by atoms with Crippen LogP contribution in [0.4, 0.5) is 0 Å². The molecular weight excluding hydrogens is 244 g/mol. The summed E-state index contributed by atoms with van der Waals surface area (Å²) in [6, 6.07) is 21.4. The van der Waals surface area contributed by atoms with Gasteiger partial charge < -0.3 is 4.74 Å². The molecule has 0 aliphatic carbocycles. The third-order valence-electron chi connectivity index (χ3n) is 3.71. The fourth-order valence-electron chi connectivity index (χ4n) is 2.59. The van der Waals surface area contributed by atoms with Crippen LogP contribution in [0.15, 0.2) is 60.7 Å². The fraction of sp³-hybridized carbons (Fsp3) is 0.158. The Hall–Kier alpha value is -2.28. The smallest absolute Gasteiger partial charge is 0.126 e. The van der Waals surface area contributed by atoms with Crippen molar-refractivity contribution in [3.63, 3.8) is 0 Å². The second-order valence-corrected chi connectivity index (χ2v) is 5.13. The molecule has 0 radical (unpaired) electrons. The molecule has 0 amide bonds. The number of hydrogen-bond acceptors (Lipinski definition) is 1. The molecule has 0 unspecified atom stereocenters. The first-order valence-electron chi connectivity index (χ1n) is 6.88. The van der Waals surface area contributed by atoms with E-state index in [1.54, 1.807) is 7.11 Å². The molecule has 0 aliphatic heterocycles. The fourth-order valence-corrected chi connectivity index (χ4v) is 2.59. The minimum absolute atomic E-state index is 0.938. The third-order valence-corrected chi connectivity index (χ3v) is 3.71. The van der Waals surface area contributed by atoms with E-state index in [1.807, 2.05) is 0 Å². The summed E-state index contributed by atoms with van der Waals surface area (Å²) < 4.78 is 5.45. The summed E-state index contributed by atoms with van der Waals surface area (Å²) in [5.41, 5.74) is 3.98. The van der Waals surface area contributed by atoms with Crippen molar-refractivity contribution in [2.75, 3.05) is 7.11 Å². The highest BCUT2D eigenvalue weighted by Gasteiger charge is 2.06. The normalized spacial score (nSPS) is 10.7. The average molecular weight is 262 g/mol. The van der Waals surface area contributed by atoms with Crippen LogP contribution in [-0.2, 0) is 6.42 Å². The van der Waals surface area contributed by atoms with Crippen molar-refractivity contribution in [2.24, 2.45) is 0 Å². The molecule has 3 aromatic rings. The van der Waals surface area contributed by atoms with Gasteiger partial charge in [-0.2, -0.15) is 0 Å². The second-order valence-electron chi connectivity index (χ2n) is 5.13. The molecule has 0 spiro atoms. The van der Waals surface area contributed by atoms with Gasteiger partial charge in [0.2, 0.25) is 0 Å². The van der Waals surface area contributed by atoms with E-state index in [2.05, 4.69) is 67.6 Å². The number of hydrogen-bond donors (Lipinski definition) is 0. The lowest BCUT2D eigenvalue weighted by atomic mass is 9.97. The Balaban J connectivity index is 2.06. The summed E-state index contributed by atoms with van der Waals surface area (Å²) in [5.74, 6) is 0.938. The SMILES string of the molecule is COc1ccc(Cc2ccc(C)cc2)c2ccccc12. The lowest BCUT2D eigenvalue weighted by molar-refractivity contribution is 0.419. The van der Waals surface area contributed by atoms with E-state index < -0.39 is 0 Å². The molecule has 0 atom stereocenters. The van der Waals surface area contributed by atoms with Crippen molar-refractivity contribution in [3.05, 3.63) is 77.4 Å². The summed E-state index contributed by atoms with van der Waals surface area (Å²) in [7, 11) is 1.72. The molecule has 0 saturated carbocycles. The van der Waals surface area contributed by atoms with Gasteiger partial charge in [-0.25, -0.2) is 0 Å². The van der Waals surface area contributed by atoms with Gasteiger partial charge in [0, 0.05) is 5.39 Å². The zero-order valence-electron chi connectivity index (χ0n) is 11.9. The Kier molecular flexibility index (Phi) is 3.42.